The quantitative estimate of drug-likeness (QED) is 0.620. The Morgan fingerprint density at radius 1 is 1.29 bits per heavy atom. The van der Waals surface area contributed by atoms with Crippen LogP contribution >= 0.6 is 0 Å². The summed E-state index contributed by atoms with van der Waals surface area (Å²) in [5, 5.41) is 6.36. The lowest BCUT2D eigenvalue weighted by Gasteiger charge is -2.19. The maximum atomic E-state index is 12.5. The molecule has 2 rings (SSSR count). The second kappa shape index (κ2) is 8.46. The van der Waals surface area contributed by atoms with Crippen LogP contribution in [-0.4, -0.2) is 19.0 Å². The van der Waals surface area contributed by atoms with Gasteiger partial charge in [-0.2, -0.15) is 0 Å². The number of carbonyl (C=O) groups is 1. The van der Waals surface area contributed by atoms with Crippen LogP contribution in [0.3, 0.4) is 0 Å². The first-order valence-corrected chi connectivity index (χ1v) is 8.34. The van der Waals surface area contributed by atoms with Crippen LogP contribution < -0.4 is 10.6 Å². The fraction of sp³-hybridized carbons (Fsp3) is 0.286. The molecule has 24 heavy (non-hydrogen) atoms. The fourth-order valence-corrected chi connectivity index (χ4v) is 2.75. The summed E-state index contributed by atoms with van der Waals surface area (Å²) in [6, 6.07) is 8.05. The second-order valence-corrected chi connectivity index (χ2v) is 6.00. The lowest BCUT2D eigenvalue weighted by Crippen LogP contribution is -2.23. The van der Waals surface area contributed by atoms with Crippen LogP contribution in [0.2, 0.25) is 0 Å². The highest BCUT2D eigenvalue weighted by Gasteiger charge is 2.12. The molecule has 126 valence electrons. The number of allylic oxidation sites excluding steroid dienone is 3. The van der Waals surface area contributed by atoms with E-state index in [2.05, 4.69) is 36.3 Å². The highest BCUT2D eigenvalue weighted by Crippen LogP contribution is 2.24. The number of hydrogen-bond acceptors (Lipinski definition) is 2. The summed E-state index contributed by atoms with van der Waals surface area (Å²) in [6.45, 7) is 11.7. The zero-order valence-electron chi connectivity index (χ0n) is 14.8. The molecule has 0 saturated carbocycles. The molecule has 1 aliphatic rings. The second-order valence-electron chi connectivity index (χ2n) is 6.00. The minimum atomic E-state index is -0.118. The van der Waals surface area contributed by atoms with Gasteiger partial charge in [0.25, 0.3) is 5.91 Å². The fourth-order valence-electron chi connectivity index (χ4n) is 2.75. The molecule has 3 nitrogen and oxygen atoms in total. The van der Waals surface area contributed by atoms with Crippen molar-refractivity contribution < 1.29 is 4.79 Å². The normalized spacial score (nSPS) is 16.1. The van der Waals surface area contributed by atoms with Gasteiger partial charge in [-0.1, -0.05) is 36.4 Å². The maximum absolute atomic E-state index is 12.5. The molecule has 0 aromatic heterocycles. The van der Waals surface area contributed by atoms with E-state index in [-0.39, 0.29) is 5.91 Å². The third-order valence-corrected chi connectivity index (χ3v) is 4.37. The van der Waals surface area contributed by atoms with Crippen molar-refractivity contribution in [3.05, 3.63) is 71.4 Å². The Hall–Kier alpha value is -2.39. The predicted octanol–water partition coefficient (Wildman–Crippen LogP) is 4.47. The molecule has 0 radical (unpaired) electrons. The maximum Gasteiger partial charge on any atom is 0.255 e. The van der Waals surface area contributed by atoms with Gasteiger partial charge in [-0.3, -0.25) is 4.79 Å². The molecule has 0 atom stereocenters. The zero-order valence-corrected chi connectivity index (χ0v) is 14.8. The number of anilines is 1. The van der Waals surface area contributed by atoms with Gasteiger partial charge < -0.3 is 10.6 Å². The summed E-state index contributed by atoms with van der Waals surface area (Å²) < 4.78 is 0. The lowest BCUT2D eigenvalue weighted by molar-refractivity contribution is -0.112. The summed E-state index contributed by atoms with van der Waals surface area (Å²) in [5.74, 6) is -0.118. The van der Waals surface area contributed by atoms with Crippen LogP contribution in [0.5, 0.6) is 0 Å². The van der Waals surface area contributed by atoms with Gasteiger partial charge in [0, 0.05) is 17.8 Å². The number of carbonyl (C=O) groups excluding carboxylic acids is 1. The number of benzene rings is 1. The summed E-state index contributed by atoms with van der Waals surface area (Å²) >= 11 is 0. The Morgan fingerprint density at radius 2 is 2.00 bits per heavy atom. The van der Waals surface area contributed by atoms with Crippen LogP contribution in [0, 0.1) is 0 Å². The predicted molar refractivity (Wildman–Crippen MR) is 103 cm³/mol. The first kappa shape index (κ1) is 18.0. The Kier molecular flexibility index (Phi) is 6.33. The van der Waals surface area contributed by atoms with E-state index in [4.69, 9.17) is 0 Å². The Labute approximate surface area is 144 Å². The number of hydrogen-bond donors (Lipinski definition) is 2. The van der Waals surface area contributed by atoms with Crippen molar-refractivity contribution >= 4 is 17.2 Å². The molecule has 1 amide bonds. The molecule has 1 heterocycles. The summed E-state index contributed by atoms with van der Waals surface area (Å²) in [7, 11) is 0. The number of rotatable bonds is 5. The highest BCUT2D eigenvalue weighted by molar-refractivity contribution is 6.07. The first-order valence-electron chi connectivity index (χ1n) is 8.34. The average Bonchev–Trinajstić information content (AvgIpc) is 2.60. The molecule has 1 aliphatic heterocycles. The SMILES string of the molecule is C=C/C=C(C(=O)Nc1ccc(C2=C(C)CCNC2)cc1)\C(C)=C/C. The van der Waals surface area contributed by atoms with Crippen molar-refractivity contribution in [3.8, 4) is 0 Å². The third-order valence-electron chi connectivity index (χ3n) is 4.37. The lowest BCUT2D eigenvalue weighted by atomic mass is 9.96. The van der Waals surface area contributed by atoms with E-state index < -0.39 is 0 Å². The smallest absolute Gasteiger partial charge is 0.255 e. The molecular weight excluding hydrogens is 296 g/mol. The van der Waals surface area contributed by atoms with E-state index in [1.165, 1.54) is 16.7 Å². The molecular formula is C21H26N2O. The van der Waals surface area contributed by atoms with Crippen LogP contribution in [0.15, 0.2) is 65.8 Å². The van der Waals surface area contributed by atoms with E-state index in [1.807, 2.05) is 32.1 Å². The van der Waals surface area contributed by atoms with Crippen LogP contribution in [0.1, 0.15) is 32.8 Å². The molecule has 1 aromatic rings. The van der Waals surface area contributed by atoms with Crippen LogP contribution in [-0.2, 0) is 4.79 Å². The third kappa shape index (κ3) is 4.33. The first-order chi connectivity index (χ1) is 11.6. The highest BCUT2D eigenvalue weighted by atomic mass is 16.1. The van der Waals surface area contributed by atoms with Crippen molar-refractivity contribution in [2.75, 3.05) is 18.4 Å². The number of amides is 1. The van der Waals surface area contributed by atoms with Crippen molar-refractivity contribution in [1.82, 2.24) is 5.32 Å². The molecule has 0 saturated heterocycles. The van der Waals surface area contributed by atoms with Crippen molar-refractivity contribution in [2.45, 2.75) is 27.2 Å². The van der Waals surface area contributed by atoms with Gasteiger partial charge in [0.05, 0.1) is 0 Å². The Bertz CT molecular complexity index is 706. The standard InChI is InChI=1S/C21H26N2O/c1-5-7-19(15(3)6-2)21(24)23-18-10-8-17(9-11-18)20-14-22-13-12-16(20)4/h5-11,22H,1,12-14H2,2-4H3,(H,23,24)/b15-6-,19-7+. The molecule has 3 heteroatoms. The molecule has 1 aromatic carbocycles. The van der Waals surface area contributed by atoms with Crippen LogP contribution in [0.25, 0.3) is 5.57 Å². The summed E-state index contributed by atoms with van der Waals surface area (Å²) in [5.41, 5.74) is 6.36. The van der Waals surface area contributed by atoms with E-state index in [9.17, 15) is 4.79 Å². The zero-order chi connectivity index (χ0) is 17.5. The van der Waals surface area contributed by atoms with Gasteiger partial charge in [-0.15, -0.1) is 0 Å². The minimum Gasteiger partial charge on any atom is -0.322 e. The van der Waals surface area contributed by atoms with E-state index in [0.29, 0.717) is 5.57 Å². The largest absolute Gasteiger partial charge is 0.322 e. The summed E-state index contributed by atoms with van der Waals surface area (Å²) in [4.78, 5) is 12.5. The van der Waals surface area contributed by atoms with Gasteiger partial charge >= 0.3 is 0 Å². The number of nitrogens with one attached hydrogen (secondary N) is 2. The minimum absolute atomic E-state index is 0.118. The molecule has 0 spiro atoms. The van der Waals surface area contributed by atoms with Gasteiger partial charge in [-0.05, 0) is 68.7 Å². The molecule has 0 unspecified atom stereocenters. The van der Waals surface area contributed by atoms with E-state index in [0.717, 1.165) is 30.8 Å². The van der Waals surface area contributed by atoms with Crippen molar-refractivity contribution in [3.63, 3.8) is 0 Å². The average molecular weight is 322 g/mol. The van der Waals surface area contributed by atoms with Crippen molar-refractivity contribution in [2.24, 2.45) is 0 Å². The molecule has 0 aliphatic carbocycles. The van der Waals surface area contributed by atoms with E-state index >= 15 is 0 Å². The molecule has 0 fully saturated rings. The van der Waals surface area contributed by atoms with Gasteiger partial charge in [0.15, 0.2) is 0 Å². The van der Waals surface area contributed by atoms with Crippen LogP contribution in [0.4, 0.5) is 5.69 Å². The van der Waals surface area contributed by atoms with E-state index in [1.54, 1.807) is 12.2 Å². The summed E-state index contributed by atoms with van der Waals surface area (Å²) in [6.07, 6.45) is 6.38. The molecule has 0 bridgehead atoms. The van der Waals surface area contributed by atoms with Gasteiger partial charge in [-0.25, -0.2) is 0 Å². The monoisotopic (exact) mass is 322 g/mol. The molecule has 2 N–H and O–H groups in total. The van der Waals surface area contributed by atoms with Gasteiger partial charge in [0.2, 0.25) is 0 Å². The topological polar surface area (TPSA) is 41.1 Å². The van der Waals surface area contributed by atoms with Gasteiger partial charge in [0.1, 0.15) is 0 Å². The van der Waals surface area contributed by atoms with Crippen molar-refractivity contribution in [1.29, 1.82) is 0 Å². The Balaban J connectivity index is 2.15. The Morgan fingerprint density at radius 3 is 2.58 bits per heavy atom.